The highest BCUT2D eigenvalue weighted by molar-refractivity contribution is 5.26. The summed E-state index contributed by atoms with van der Waals surface area (Å²) in [6.45, 7) is 2.23. The van der Waals surface area contributed by atoms with Crippen LogP contribution in [-0.2, 0) is 11.3 Å². The third-order valence-corrected chi connectivity index (χ3v) is 2.12. The van der Waals surface area contributed by atoms with Gasteiger partial charge in [-0.3, -0.25) is 4.98 Å². The third kappa shape index (κ3) is 5.63. The first kappa shape index (κ1) is 13.9. The molecule has 0 fully saturated rings. The van der Waals surface area contributed by atoms with Crippen LogP contribution >= 0.6 is 0 Å². The van der Waals surface area contributed by atoms with Crippen LogP contribution in [0.2, 0.25) is 0 Å². The van der Waals surface area contributed by atoms with Gasteiger partial charge in [0.25, 0.3) is 0 Å². The molecule has 0 spiro atoms. The lowest BCUT2D eigenvalue weighted by Crippen LogP contribution is -2.18. The molecule has 0 radical (unpaired) electrons. The number of nitrogens with zero attached hydrogens (tertiary/aromatic N) is 2. The van der Waals surface area contributed by atoms with Gasteiger partial charge in [0.2, 0.25) is 0 Å². The van der Waals surface area contributed by atoms with Crippen molar-refractivity contribution in [2.45, 2.75) is 6.61 Å². The summed E-state index contributed by atoms with van der Waals surface area (Å²) in [4.78, 5) is 6.26. The Balaban J connectivity index is 2.40. The van der Waals surface area contributed by atoms with Gasteiger partial charge in [-0.2, -0.15) is 0 Å². The van der Waals surface area contributed by atoms with Crippen LogP contribution in [0, 0.1) is 0 Å². The van der Waals surface area contributed by atoms with E-state index in [1.54, 1.807) is 12.3 Å². The van der Waals surface area contributed by atoms with Crippen LogP contribution in [0.5, 0.6) is 5.75 Å². The van der Waals surface area contributed by atoms with E-state index in [0.29, 0.717) is 19.0 Å². The molecule has 0 unspecified atom stereocenters. The maximum absolute atomic E-state index is 8.71. The van der Waals surface area contributed by atoms with Crippen molar-refractivity contribution >= 4 is 0 Å². The predicted molar refractivity (Wildman–Crippen MR) is 65.0 cm³/mol. The minimum absolute atomic E-state index is 0.00415. The molecule has 17 heavy (non-hydrogen) atoms. The van der Waals surface area contributed by atoms with E-state index < -0.39 is 0 Å². The maximum Gasteiger partial charge on any atom is 0.143 e. The second kappa shape index (κ2) is 8.00. The molecular weight excluding hydrogens is 220 g/mol. The van der Waals surface area contributed by atoms with Gasteiger partial charge in [-0.1, -0.05) is 0 Å². The molecule has 1 N–H and O–H groups in total. The number of aliphatic hydroxyl groups excluding tert-OH is 1. The van der Waals surface area contributed by atoms with Crippen molar-refractivity contribution in [3.63, 3.8) is 0 Å². The summed E-state index contributed by atoms with van der Waals surface area (Å²) in [6.07, 6.45) is 1.70. The smallest absolute Gasteiger partial charge is 0.143 e. The minimum atomic E-state index is -0.00415. The number of rotatable bonds is 8. The van der Waals surface area contributed by atoms with Gasteiger partial charge in [0.15, 0.2) is 0 Å². The molecule has 0 bridgehead atoms. The molecule has 96 valence electrons. The largest absolute Gasteiger partial charge is 0.489 e. The molecular formula is C12H20N2O3. The molecule has 5 heteroatoms. The van der Waals surface area contributed by atoms with Crippen LogP contribution < -0.4 is 4.74 Å². The number of likely N-dealkylation sites (N-methyl/N-ethyl adjacent to an activating group) is 1. The topological polar surface area (TPSA) is 54.8 Å². The Bertz CT molecular complexity index is 318. The number of hydrogen-bond donors (Lipinski definition) is 1. The molecule has 0 aliphatic carbocycles. The van der Waals surface area contributed by atoms with E-state index in [1.165, 1.54) is 0 Å². The Kier molecular flexibility index (Phi) is 6.54. The van der Waals surface area contributed by atoms with E-state index in [-0.39, 0.29) is 13.2 Å². The van der Waals surface area contributed by atoms with Gasteiger partial charge in [0, 0.05) is 12.7 Å². The Hall–Kier alpha value is -1.17. The monoisotopic (exact) mass is 240 g/mol. The summed E-state index contributed by atoms with van der Waals surface area (Å²) in [7, 11) is 4.00. The summed E-state index contributed by atoms with van der Waals surface area (Å²) in [5, 5.41) is 8.71. The molecule has 1 aromatic rings. The molecule has 1 aromatic heterocycles. The number of aliphatic hydroxyl groups is 1. The lowest BCUT2D eigenvalue weighted by atomic mass is 10.3. The summed E-state index contributed by atoms with van der Waals surface area (Å²) < 4.78 is 10.9. The van der Waals surface area contributed by atoms with Gasteiger partial charge < -0.3 is 19.5 Å². The molecule has 0 aromatic carbocycles. The predicted octanol–water partition coefficient (Wildman–Crippen LogP) is 0.531. The Morgan fingerprint density at radius 3 is 2.88 bits per heavy atom. The molecule has 0 aliphatic heterocycles. The fraction of sp³-hybridized carbons (Fsp3) is 0.583. The summed E-state index contributed by atoms with van der Waals surface area (Å²) in [5.74, 6) is 0.673. The van der Waals surface area contributed by atoms with Crippen LogP contribution in [0.3, 0.4) is 0 Å². The standard InChI is InChI=1S/C12H20N2O3/c1-14(2)6-8-16-10-11-12(17-9-7-15)4-3-5-13-11/h3-5,15H,6-10H2,1-2H3. The highest BCUT2D eigenvalue weighted by Crippen LogP contribution is 2.15. The zero-order chi connectivity index (χ0) is 12.5. The second-order valence-corrected chi connectivity index (χ2v) is 3.88. The van der Waals surface area contributed by atoms with Gasteiger partial charge in [-0.15, -0.1) is 0 Å². The number of pyridine rings is 1. The van der Waals surface area contributed by atoms with Crippen molar-refractivity contribution < 1.29 is 14.6 Å². The second-order valence-electron chi connectivity index (χ2n) is 3.88. The quantitative estimate of drug-likeness (QED) is 0.672. The molecule has 0 saturated carbocycles. The fourth-order valence-corrected chi connectivity index (χ4v) is 1.23. The summed E-state index contributed by atoms with van der Waals surface area (Å²) >= 11 is 0. The van der Waals surface area contributed by atoms with Crippen molar-refractivity contribution in [2.24, 2.45) is 0 Å². The first-order valence-electron chi connectivity index (χ1n) is 5.64. The van der Waals surface area contributed by atoms with Gasteiger partial charge in [-0.05, 0) is 26.2 Å². The third-order valence-electron chi connectivity index (χ3n) is 2.12. The van der Waals surface area contributed by atoms with E-state index in [2.05, 4.69) is 9.88 Å². The number of hydrogen-bond acceptors (Lipinski definition) is 5. The van der Waals surface area contributed by atoms with E-state index >= 15 is 0 Å². The van der Waals surface area contributed by atoms with E-state index in [4.69, 9.17) is 14.6 Å². The molecule has 1 rings (SSSR count). The van der Waals surface area contributed by atoms with E-state index in [1.807, 2.05) is 20.2 Å². The van der Waals surface area contributed by atoms with Gasteiger partial charge >= 0.3 is 0 Å². The van der Waals surface area contributed by atoms with Crippen LogP contribution in [0.25, 0.3) is 0 Å². The first-order valence-corrected chi connectivity index (χ1v) is 5.64. The molecule has 0 atom stereocenters. The molecule has 0 aliphatic rings. The minimum Gasteiger partial charge on any atom is -0.489 e. The van der Waals surface area contributed by atoms with Gasteiger partial charge in [-0.25, -0.2) is 0 Å². The average Bonchev–Trinajstić information content (AvgIpc) is 2.33. The highest BCUT2D eigenvalue weighted by Gasteiger charge is 2.04. The molecule has 1 heterocycles. The lowest BCUT2D eigenvalue weighted by molar-refractivity contribution is 0.0997. The molecule has 5 nitrogen and oxygen atoms in total. The number of ether oxygens (including phenoxy) is 2. The van der Waals surface area contributed by atoms with Crippen molar-refractivity contribution in [3.8, 4) is 5.75 Å². The van der Waals surface area contributed by atoms with Crippen molar-refractivity contribution in [1.82, 2.24) is 9.88 Å². The first-order chi connectivity index (χ1) is 8.24. The fourth-order valence-electron chi connectivity index (χ4n) is 1.23. The van der Waals surface area contributed by atoms with E-state index in [0.717, 1.165) is 12.2 Å². The van der Waals surface area contributed by atoms with Crippen LogP contribution in [-0.4, -0.2) is 55.5 Å². The Labute approximate surface area is 102 Å². The van der Waals surface area contributed by atoms with Crippen molar-refractivity contribution in [1.29, 1.82) is 0 Å². The zero-order valence-corrected chi connectivity index (χ0v) is 10.4. The Morgan fingerprint density at radius 1 is 1.35 bits per heavy atom. The SMILES string of the molecule is CN(C)CCOCc1ncccc1OCCO. The lowest BCUT2D eigenvalue weighted by Gasteiger charge is -2.12. The van der Waals surface area contributed by atoms with Gasteiger partial charge in [0.05, 0.1) is 19.8 Å². The number of aromatic nitrogens is 1. The molecule has 0 saturated heterocycles. The maximum atomic E-state index is 8.71. The summed E-state index contributed by atoms with van der Waals surface area (Å²) in [6, 6.07) is 3.63. The molecule has 0 amide bonds. The van der Waals surface area contributed by atoms with Gasteiger partial charge in [0.1, 0.15) is 18.1 Å². The highest BCUT2D eigenvalue weighted by atomic mass is 16.5. The van der Waals surface area contributed by atoms with Crippen molar-refractivity contribution in [3.05, 3.63) is 24.0 Å². The van der Waals surface area contributed by atoms with Crippen LogP contribution in [0.4, 0.5) is 0 Å². The zero-order valence-electron chi connectivity index (χ0n) is 10.4. The summed E-state index contributed by atoms with van der Waals surface area (Å²) in [5.41, 5.74) is 0.764. The normalized spacial score (nSPS) is 10.8. The average molecular weight is 240 g/mol. The van der Waals surface area contributed by atoms with Crippen molar-refractivity contribution in [2.75, 3.05) is 40.5 Å². The Morgan fingerprint density at radius 2 is 2.18 bits per heavy atom. The van der Waals surface area contributed by atoms with E-state index in [9.17, 15) is 0 Å². The van der Waals surface area contributed by atoms with Crippen LogP contribution in [0.1, 0.15) is 5.69 Å². The van der Waals surface area contributed by atoms with Crippen LogP contribution in [0.15, 0.2) is 18.3 Å².